The van der Waals surface area contributed by atoms with Crippen molar-refractivity contribution >= 4 is 5.91 Å². The van der Waals surface area contributed by atoms with Crippen LogP contribution in [0.25, 0.3) is 0 Å². The molecule has 3 rings (SSSR count). The molecule has 20 heavy (non-hydrogen) atoms. The Labute approximate surface area is 117 Å². The highest BCUT2D eigenvalue weighted by Gasteiger charge is 2.25. The number of nitrogens with one attached hydrogen (secondary N) is 1. The summed E-state index contributed by atoms with van der Waals surface area (Å²) in [7, 11) is 0. The lowest BCUT2D eigenvalue weighted by Gasteiger charge is -2.08. The van der Waals surface area contributed by atoms with Gasteiger partial charge < -0.3 is 9.88 Å². The maximum Gasteiger partial charge on any atom is 0.270 e. The van der Waals surface area contributed by atoms with Crippen LogP contribution in [0, 0.1) is 13.8 Å². The Bertz CT molecular complexity index is 625. The molecule has 2 aromatic heterocycles. The maximum absolute atomic E-state index is 12.1. The van der Waals surface area contributed by atoms with E-state index >= 15 is 0 Å². The largest absolute Gasteiger partial charge is 0.345 e. The van der Waals surface area contributed by atoms with Crippen molar-refractivity contribution in [2.75, 3.05) is 0 Å². The molecule has 6 nitrogen and oxygen atoms in total. The highest BCUT2D eigenvalue weighted by Crippen LogP contribution is 2.35. The van der Waals surface area contributed by atoms with Gasteiger partial charge in [-0.05, 0) is 32.8 Å². The van der Waals surface area contributed by atoms with Gasteiger partial charge in [0.1, 0.15) is 11.5 Å². The molecule has 1 aliphatic carbocycles. The summed E-state index contributed by atoms with van der Waals surface area (Å²) in [5, 5.41) is 2.89. The molecule has 0 aromatic carbocycles. The number of carbonyl (C=O) groups is 1. The first-order valence-electron chi connectivity index (χ1n) is 6.74. The average molecular weight is 271 g/mol. The lowest BCUT2D eigenvalue weighted by Crippen LogP contribution is -2.25. The SMILES string of the molecule is Cc1cc(C(=O)NCc2cncn2C2CC2)nc(C)n1. The molecule has 1 saturated carbocycles. The maximum atomic E-state index is 12.1. The molecule has 2 heterocycles. The Morgan fingerprint density at radius 2 is 2.20 bits per heavy atom. The number of imidazole rings is 1. The normalized spacial score (nSPS) is 14.3. The molecule has 0 unspecified atom stereocenters. The molecule has 0 bridgehead atoms. The van der Waals surface area contributed by atoms with E-state index in [4.69, 9.17) is 0 Å². The first-order chi connectivity index (χ1) is 9.63. The van der Waals surface area contributed by atoms with E-state index in [1.165, 1.54) is 12.8 Å². The second-order valence-electron chi connectivity index (χ2n) is 5.15. The molecule has 104 valence electrons. The summed E-state index contributed by atoms with van der Waals surface area (Å²) in [6.07, 6.45) is 6.02. The summed E-state index contributed by atoms with van der Waals surface area (Å²) in [5.74, 6) is 0.431. The van der Waals surface area contributed by atoms with Crippen molar-refractivity contribution in [3.8, 4) is 0 Å². The van der Waals surface area contributed by atoms with Crippen LogP contribution in [0.15, 0.2) is 18.6 Å². The van der Waals surface area contributed by atoms with Crippen molar-refractivity contribution in [2.45, 2.75) is 39.3 Å². The highest BCUT2D eigenvalue weighted by molar-refractivity contribution is 5.92. The van der Waals surface area contributed by atoms with E-state index in [1.54, 1.807) is 19.2 Å². The molecule has 0 atom stereocenters. The van der Waals surface area contributed by atoms with Gasteiger partial charge in [-0.3, -0.25) is 4.79 Å². The third-order valence-corrected chi connectivity index (χ3v) is 3.32. The molecule has 1 N–H and O–H groups in total. The third kappa shape index (κ3) is 2.68. The van der Waals surface area contributed by atoms with Gasteiger partial charge >= 0.3 is 0 Å². The molecule has 2 aromatic rings. The van der Waals surface area contributed by atoms with Crippen LogP contribution < -0.4 is 5.32 Å². The minimum Gasteiger partial charge on any atom is -0.345 e. The Morgan fingerprint density at radius 3 is 2.90 bits per heavy atom. The van der Waals surface area contributed by atoms with E-state index in [-0.39, 0.29) is 5.91 Å². The van der Waals surface area contributed by atoms with Gasteiger partial charge in [-0.1, -0.05) is 0 Å². The Kier molecular flexibility index (Phi) is 3.22. The molecule has 1 amide bonds. The van der Waals surface area contributed by atoms with Gasteiger partial charge in [0.15, 0.2) is 0 Å². The third-order valence-electron chi connectivity index (χ3n) is 3.32. The summed E-state index contributed by atoms with van der Waals surface area (Å²) in [4.78, 5) is 24.6. The van der Waals surface area contributed by atoms with Gasteiger partial charge in [0.2, 0.25) is 0 Å². The van der Waals surface area contributed by atoms with Crippen LogP contribution in [0.4, 0.5) is 0 Å². The molecule has 1 aliphatic rings. The first kappa shape index (κ1) is 12.8. The van der Waals surface area contributed by atoms with Gasteiger partial charge in [0, 0.05) is 17.9 Å². The van der Waals surface area contributed by atoms with Gasteiger partial charge in [-0.2, -0.15) is 0 Å². The Hall–Kier alpha value is -2.24. The van der Waals surface area contributed by atoms with Crippen LogP contribution in [0.2, 0.25) is 0 Å². The average Bonchev–Trinajstić information content (AvgIpc) is 3.14. The molecule has 6 heteroatoms. The van der Waals surface area contributed by atoms with E-state index in [0.29, 0.717) is 24.1 Å². The quantitative estimate of drug-likeness (QED) is 0.915. The Morgan fingerprint density at radius 1 is 1.40 bits per heavy atom. The van der Waals surface area contributed by atoms with Crippen molar-refractivity contribution in [3.63, 3.8) is 0 Å². The summed E-state index contributed by atoms with van der Waals surface area (Å²) in [5.41, 5.74) is 2.24. The minimum atomic E-state index is -0.179. The molecule has 0 aliphatic heterocycles. The zero-order valence-electron chi connectivity index (χ0n) is 11.6. The molecular weight excluding hydrogens is 254 g/mol. The summed E-state index contributed by atoms with van der Waals surface area (Å²) in [6.45, 7) is 4.11. The fraction of sp³-hybridized carbons (Fsp3) is 0.429. The van der Waals surface area contributed by atoms with Crippen LogP contribution in [-0.4, -0.2) is 25.4 Å². The smallest absolute Gasteiger partial charge is 0.270 e. The zero-order valence-corrected chi connectivity index (χ0v) is 11.6. The number of nitrogens with zero attached hydrogens (tertiary/aromatic N) is 4. The van der Waals surface area contributed by atoms with Crippen molar-refractivity contribution < 1.29 is 4.79 Å². The molecular formula is C14H17N5O. The number of aromatic nitrogens is 4. The van der Waals surface area contributed by atoms with E-state index in [9.17, 15) is 4.79 Å². The minimum absolute atomic E-state index is 0.179. The van der Waals surface area contributed by atoms with E-state index in [1.807, 2.05) is 13.3 Å². The van der Waals surface area contributed by atoms with E-state index < -0.39 is 0 Å². The lowest BCUT2D eigenvalue weighted by atomic mass is 10.3. The first-order valence-corrected chi connectivity index (χ1v) is 6.74. The Balaban J connectivity index is 1.68. The predicted octanol–water partition coefficient (Wildman–Crippen LogP) is 1.55. The molecule has 1 fully saturated rings. The van der Waals surface area contributed by atoms with Crippen molar-refractivity contribution in [1.82, 2.24) is 24.8 Å². The number of carbonyl (C=O) groups excluding carboxylic acids is 1. The standard InChI is InChI=1S/C14H17N5O/c1-9-5-13(18-10(2)17-9)14(20)16-7-12-6-15-8-19(12)11-3-4-11/h5-6,8,11H,3-4,7H2,1-2H3,(H,16,20). The summed E-state index contributed by atoms with van der Waals surface area (Å²) < 4.78 is 2.14. The number of amides is 1. The number of aryl methyl sites for hydroxylation is 2. The van der Waals surface area contributed by atoms with Gasteiger partial charge in [0.05, 0.1) is 18.6 Å². The fourth-order valence-electron chi connectivity index (χ4n) is 2.25. The predicted molar refractivity (Wildman–Crippen MR) is 73.2 cm³/mol. The highest BCUT2D eigenvalue weighted by atomic mass is 16.1. The van der Waals surface area contributed by atoms with Gasteiger partial charge in [-0.25, -0.2) is 15.0 Å². The van der Waals surface area contributed by atoms with Crippen LogP contribution in [0.3, 0.4) is 0 Å². The van der Waals surface area contributed by atoms with Crippen LogP contribution in [-0.2, 0) is 6.54 Å². The second kappa shape index (κ2) is 5.03. The lowest BCUT2D eigenvalue weighted by molar-refractivity contribution is 0.0944. The van der Waals surface area contributed by atoms with Crippen molar-refractivity contribution in [3.05, 3.63) is 41.5 Å². The molecule has 0 spiro atoms. The summed E-state index contributed by atoms with van der Waals surface area (Å²) in [6, 6.07) is 2.26. The number of hydrogen-bond acceptors (Lipinski definition) is 4. The van der Waals surface area contributed by atoms with Gasteiger partial charge in [0.25, 0.3) is 5.91 Å². The van der Waals surface area contributed by atoms with E-state index in [2.05, 4.69) is 24.8 Å². The number of hydrogen-bond donors (Lipinski definition) is 1. The molecule has 0 saturated heterocycles. The van der Waals surface area contributed by atoms with Gasteiger partial charge in [-0.15, -0.1) is 0 Å². The van der Waals surface area contributed by atoms with Crippen LogP contribution >= 0.6 is 0 Å². The zero-order chi connectivity index (χ0) is 14.1. The monoisotopic (exact) mass is 271 g/mol. The summed E-state index contributed by atoms with van der Waals surface area (Å²) >= 11 is 0. The van der Waals surface area contributed by atoms with Crippen LogP contribution in [0.1, 0.15) is 46.6 Å². The molecule has 0 radical (unpaired) electrons. The van der Waals surface area contributed by atoms with E-state index in [0.717, 1.165) is 11.4 Å². The second-order valence-corrected chi connectivity index (χ2v) is 5.15. The number of rotatable bonds is 4. The fourth-order valence-corrected chi connectivity index (χ4v) is 2.25. The topological polar surface area (TPSA) is 72.7 Å². The van der Waals surface area contributed by atoms with Crippen LogP contribution in [0.5, 0.6) is 0 Å². The van der Waals surface area contributed by atoms with Crippen molar-refractivity contribution in [1.29, 1.82) is 0 Å². The van der Waals surface area contributed by atoms with Crippen molar-refractivity contribution in [2.24, 2.45) is 0 Å².